The maximum atomic E-state index is 11.6. The molecule has 1 aromatic rings. The molecule has 0 fully saturated rings. The first-order chi connectivity index (χ1) is 8.58. The summed E-state index contributed by atoms with van der Waals surface area (Å²) < 4.78 is 0. The number of hydrogen-bond donors (Lipinski definition) is 1. The quantitative estimate of drug-likeness (QED) is 0.865. The lowest BCUT2D eigenvalue weighted by Crippen LogP contribution is -2.31. The van der Waals surface area contributed by atoms with Crippen LogP contribution in [0.3, 0.4) is 0 Å². The minimum atomic E-state index is -0.524. The Bertz CT molecular complexity index is 460. The van der Waals surface area contributed by atoms with Crippen molar-refractivity contribution in [2.45, 2.75) is 33.6 Å². The lowest BCUT2D eigenvalue weighted by atomic mass is 10.0. The van der Waals surface area contributed by atoms with Crippen LogP contribution < -0.4 is 5.32 Å². The molecule has 1 aromatic carbocycles. The van der Waals surface area contributed by atoms with Crippen LogP contribution in [0.25, 0.3) is 0 Å². The lowest BCUT2D eigenvalue weighted by Gasteiger charge is -2.10. The molecule has 0 heterocycles. The second-order valence-corrected chi connectivity index (χ2v) is 4.56. The number of carbonyl (C=O) groups is 1. The fraction of sp³-hybridized carbons (Fsp3) is 0.467. The standard InChI is InChI=1S/C15H20N2O/c1-4-13(10-16)15(18)17-8-7-14-9-11(2)5-6-12(14)3/h5-6,9,13H,4,7-8H2,1-3H3,(H,17,18). The summed E-state index contributed by atoms with van der Waals surface area (Å²) >= 11 is 0. The van der Waals surface area contributed by atoms with Gasteiger partial charge < -0.3 is 5.32 Å². The third-order valence-corrected chi connectivity index (χ3v) is 3.08. The van der Waals surface area contributed by atoms with E-state index in [4.69, 9.17) is 5.26 Å². The topological polar surface area (TPSA) is 52.9 Å². The molecule has 1 N–H and O–H groups in total. The van der Waals surface area contributed by atoms with E-state index in [-0.39, 0.29) is 5.91 Å². The van der Waals surface area contributed by atoms with E-state index in [1.807, 2.05) is 13.0 Å². The Balaban J connectivity index is 2.49. The highest BCUT2D eigenvalue weighted by Gasteiger charge is 2.14. The van der Waals surface area contributed by atoms with E-state index in [1.165, 1.54) is 16.7 Å². The average Bonchev–Trinajstić information content (AvgIpc) is 2.35. The van der Waals surface area contributed by atoms with Gasteiger partial charge in [0.2, 0.25) is 5.91 Å². The van der Waals surface area contributed by atoms with Crippen LogP contribution in [0.1, 0.15) is 30.0 Å². The van der Waals surface area contributed by atoms with E-state index in [0.29, 0.717) is 13.0 Å². The highest BCUT2D eigenvalue weighted by molar-refractivity contribution is 5.80. The van der Waals surface area contributed by atoms with Crippen LogP contribution in [-0.4, -0.2) is 12.5 Å². The summed E-state index contributed by atoms with van der Waals surface area (Å²) in [5, 5.41) is 11.6. The minimum Gasteiger partial charge on any atom is -0.355 e. The molecule has 3 heteroatoms. The van der Waals surface area contributed by atoms with Crippen LogP contribution in [-0.2, 0) is 11.2 Å². The fourth-order valence-corrected chi connectivity index (χ4v) is 1.85. The van der Waals surface area contributed by atoms with E-state index in [9.17, 15) is 4.79 Å². The van der Waals surface area contributed by atoms with E-state index in [2.05, 4.69) is 37.4 Å². The molecule has 0 saturated heterocycles. The number of hydrogen-bond acceptors (Lipinski definition) is 2. The van der Waals surface area contributed by atoms with Gasteiger partial charge in [0, 0.05) is 6.54 Å². The van der Waals surface area contributed by atoms with Crippen molar-refractivity contribution in [3.8, 4) is 6.07 Å². The molecule has 0 radical (unpaired) electrons. The van der Waals surface area contributed by atoms with Gasteiger partial charge >= 0.3 is 0 Å². The fourth-order valence-electron chi connectivity index (χ4n) is 1.85. The summed E-state index contributed by atoms with van der Waals surface area (Å²) in [5.74, 6) is -0.686. The number of nitrogens with zero attached hydrogens (tertiary/aromatic N) is 1. The smallest absolute Gasteiger partial charge is 0.237 e. The van der Waals surface area contributed by atoms with Crippen molar-refractivity contribution in [2.24, 2.45) is 5.92 Å². The summed E-state index contributed by atoms with van der Waals surface area (Å²) in [6, 6.07) is 8.33. The molecule has 1 unspecified atom stereocenters. The van der Waals surface area contributed by atoms with E-state index >= 15 is 0 Å². The maximum absolute atomic E-state index is 11.6. The summed E-state index contributed by atoms with van der Waals surface area (Å²) in [4.78, 5) is 11.6. The van der Waals surface area contributed by atoms with Gasteiger partial charge in [0.15, 0.2) is 0 Å². The molecule has 0 aliphatic heterocycles. The molecule has 1 amide bonds. The van der Waals surface area contributed by atoms with Crippen LogP contribution >= 0.6 is 0 Å². The molecule has 0 saturated carbocycles. The molecule has 0 aliphatic rings. The number of carbonyl (C=O) groups excluding carboxylic acids is 1. The summed E-state index contributed by atoms with van der Waals surface area (Å²) in [5.41, 5.74) is 3.72. The van der Waals surface area contributed by atoms with Gasteiger partial charge in [0.25, 0.3) is 0 Å². The van der Waals surface area contributed by atoms with Crippen LogP contribution in [0.15, 0.2) is 18.2 Å². The zero-order chi connectivity index (χ0) is 13.5. The first-order valence-electron chi connectivity index (χ1n) is 6.32. The predicted octanol–water partition coefficient (Wildman–Crippen LogP) is 2.51. The van der Waals surface area contributed by atoms with Crippen molar-refractivity contribution < 1.29 is 4.79 Å². The molecule has 3 nitrogen and oxygen atoms in total. The molecule has 18 heavy (non-hydrogen) atoms. The maximum Gasteiger partial charge on any atom is 0.237 e. The van der Waals surface area contributed by atoms with Gasteiger partial charge in [0.05, 0.1) is 6.07 Å². The first-order valence-corrected chi connectivity index (χ1v) is 6.32. The SMILES string of the molecule is CCC(C#N)C(=O)NCCc1cc(C)ccc1C. The predicted molar refractivity (Wildman–Crippen MR) is 72.0 cm³/mol. The molecule has 0 aromatic heterocycles. The Morgan fingerprint density at radius 1 is 1.44 bits per heavy atom. The van der Waals surface area contributed by atoms with Crippen molar-refractivity contribution in [1.29, 1.82) is 5.26 Å². The van der Waals surface area contributed by atoms with Crippen molar-refractivity contribution in [3.05, 3.63) is 34.9 Å². The molecule has 0 spiro atoms. The number of aryl methyl sites for hydroxylation is 2. The van der Waals surface area contributed by atoms with Gasteiger partial charge in [-0.25, -0.2) is 0 Å². The van der Waals surface area contributed by atoms with Crippen LogP contribution in [0.2, 0.25) is 0 Å². The molecule has 0 aliphatic carbocycles. The number of nitrogens with one attached hydrogen (secondary N) is 1. The molecule has 0 bridgehead atoms. The second kappa shape index (κ2) is 6.80. The Labute approximate surface area is 109 Å². The third kappa shape index (κ3) is 3.89. The van der Waals surface area contributed by atoms with E-state index in [0.717, 1.165) is 6.42 Å². The summed E-state index contributed by atoms with van der Waals surface area (Å²) in [6.07, 6.45) is 1.37. The Hall–Kier alpha value is -1.82. The average molecular weight is 244 g/mol. The lowest BCUT2D eigenvalue weighted by molar-refractivity contribution is -0.123. The van der Waals surface area contributed by atoms with Crippen LogP contribution in [0.5, 0.6) is 0 Å². The number of nitriles is 1. The van der Waals surface area contributed by atoms with E-state index in [1.54, 1.807) is 0 Å². The third-order valence-electron chi connectivity index (χ3n) is 3.08. The minimum absolute atomic E-state index is 0.162. The Morgan fingerprint density at radius 2 is 2.17 bits per heavy atom. The van der Waals surface area contributed by atoms with E-state index < -0.39 is 5.92 Å². The zero-order valence-corrected chi connectivity index (χ0v) is 11.3. The first kappa shape index (κ1) is 14.2. The van der Waals surface area contributed by atoms with Gasteiger partial charge in [-0.05, 0) is 37.8 Å². The normalized spacial score (nSPS) is 11.7. The Kier molecular flexibility index (Phi) is 5.38. The number of benzene rings is 1. The van der Waals surface area contributed by atoms with Crippen molar-refractivity contribution in [2.75, 3.05) is 6.54 Å². The van der Waals surface area contributed by atoms with Crippen molar-refractivity contribution in [3.63, 3.8) is 0 Å². The van der Waals surface area contributed by atoms with Gasteiger partial charge in [-0.2, -0.15) is 5.26 Å². The highest BCUT2D eigenvalue weighted by atomic mass is 16.1. The monoisotopic (exact) mass is 244 g/mol. The van der Waals surface area contributed by atoms with Gasteiger partial charge in [-0.1, -0.05) is 30.7 Å². The molecular formula is C15H20N2O. The zero-order valence-electron chi connectivity index (χ0n) is 11.3. The molecular weight excluding hydrogens is 224 g/mol. The van der Waals surface area contributed by atoms with Crippen molar-refractivity contribution in [1.82, 2.24) is 5.32 Å². The largest absolute Gasteiger partial charge is 0.355 e. The molecule has 1 atom stereocenters. The summed E-state index contributed by atoms with van der Waals surface area (Å²) in [6.45, 7) is 6.56. The van der Waals surface area contributed by atoms with Gasteiger partial charge in [-0.15, -0.1) is 0 Å². The second-order valence-electron chi connectivity index (χ2n) is 4.56. The summed E-state index contributed by atoms with van der Waals surface area (Å²) in [7, 11) is 0. The molecule has 96 valence electrons. The Morgan fingerprint density at radius 3 is 2.78 bits per heavy atom. The number of rotatable bonds is 5. The number of amides is 1. The van der Waals surface area contributed by atoms with Crippen LogP contribution in [0, 0.1) is 31.1 Å². The van der Waals surface area contributed by atoms with Crippen LogP contribution in [0.4, 0.5) is 0 Å². The highest BCUT2D eigenvalue weighted by Crippen LogP contribution is 2.11. The molecule has 1 rings (SSSR count). The van der Waals surface area contributed by atoms with Gasteiger partial charge in [-0.3, -0.25) is 4.79 Å². The van der Waals surface area contributed by atoms with Crippen molar-refractivity contribution >= 4 is 5.91 Å². The van der Waals surface area contributed by atoms with Gasteiger partial charge in [0.1, 0.15) is 5.92 Å².